The first-order chi connectivity index (χ1) is 9.47. The summed E-state index contributed by atoms with van der Waals surface area (Å²) in [6.07, 6.45) is 4.73. The van der Waals surface area contributed by atoms with Gasteiger partial charge in [-0.05, 0) is 45.1 Å². The van der Waals surface area contributed by atoms with Gasteiger partial charge < -0.3 is 5.73 Å². The molecular weight excluding hydrogens is 274 g/mol. The molecule has 0 aromatic carbocycles. The summed E-state index contributed by atoms with van der Waals surface area (Å²) >= 11 is 0. The van der Waals surface area contributed by atoms with Gasteiger partial charge in [-0.3, -0.25) is 0 Å². The van der Waals surface area contributed by atoms with Gasteiger partial charge in [0.1, 0.15) is 0 Å². The van der Waals surface area contributed by atoms with Crippen LogP contribution in [0.4, 0.5) is 0 Å². The molecule has 20 heavy (non-hydrogen) atoms. The van der Waals surface area contributed by atoms with E-state index < -0.39 is 10.2 Å². The van der Waals surface area contributed by atoms with Crippen molar-refractivity contribution in [3.05, 3.63) is 0 Å². The smallest absolute Gasteiger partial charge is 0.282 e. The van der Waals surface area contributed by atoms with Crippen molar-refractivity contribution in [3.8, 4) is 0 Å². The molecule has 5 nitrogen and oxygen atoms in total. The van der Waals surface area contributed by atoms with Gasteiger partial charge in [-0.1, -0.05) is 20.3 Å². The molecule has 0 amide bonds. The predicted octanol–water partition coefficient (Wildman–Crippen LogP) is 1.80. The van der Waals surface area contributed by atoms with Crippen molar-refractivity contribution in [1.82, 2.24) is 8.61 Å². The lowest BCUT2D eigenvalue weighted by atomic mass is 10.0. The highest BCUT2D eigenvalue weighted by Gasteiger charge is 2.34. The van der Waals surface area contributed by atoms with Crippen LogP contribution in [0, 0.1) is 5.92 Å². The molecule has 1 fully saturated rings. The van der Waals surface area contributed by atoms with Gasteiger partial charge in [0.25, 0.3) is 10.2 Å². The molecule has 2 unspecified atom stereocenters. The van der Waals surface area contributed by atoms with Crippen molar-refractivity contribution in [2.75, 3.05) is 26.2 Å². The van der Waals surface area contributed by atoms with Gasteiger partial charge >= 0.3 is 0 Å². The van der Waals surface area contributed by atoms with E-state index in [9.17, 15) is 8.42 Å². The second kappa shape index (κ2) is 8.32. The number of hydrogen-bond donors (Lipinski definition) is 1. The second-order valence-electron chi connectivity index (χ2n) is 5.83. The molecule has 0 aromatic rings. The minimum absolute atomic E-state index is 0.0600. The standard InChI is InChI=1S/C14H31N3O2S/c1-4-6-10-17(13(3)5-2)20(18,19)16-9-7-8-14(11-15)12-16/h13-14H,4-12,15H2,1-3H3. The molecule has 1 aliphatic heterocycles. The molecule has 1 saturated heterocycles. The molecule has 0 aliphatic carbocycles. The molecular formula is C14H31N3O2S. The number of piperidine rings is 1. The number of nitrogens with zero attached hydrogens (tertiary/aromatic N) is 2. The first kappa shape index (κ1) is 17.9. The molecule has 0 saturated carbocycles. The van der Waals surface area contributed by atoms with E-state index in [1.807, 2.05) is 13.8 Å². The van der Waals surface area contributed by atoms with E-state index >= 15 is 0 Å². The Morgan fingerprint density at radius 3 is 2.65 bits per heavy atom. The molecule has 0 spiro atoms. The third-order valence-corrected chi connectivity index (χ3v) is 6.37. The Kier molecular flexibility index (Phi) is 7.43. The average molecular weight is 305 g/mol. The summed E-state index contributed by atoms with van der Waals surface area (Å²) in [6, 6.07) is 0.0600. The zero-order valence-corrected chi connectivity index (χ0v) is 14.0. The molecule has 6 heteroatoms. The molecule has 0 radical (unpaired) electrons. The average Bonchev–Trinajstić information content (AvgIpc) is 2.47. The normalized spacial score (nSPS) is 23.1. The Balaban J connectivity index is 2.85. The van der Waals surface area contributed by atoms with Gasteiger partial charge in [-0.2, -0.15) is 17.0 Å². The maximum atomic E-state index is 12.9. The first-order valence-electron chi connectivity index (χ1n) is 7.94. The maximum absolute atomic E-state index is 12.9. The van der Waals surface area contributed by atoms with Gasteiger partial charge in [0.15, 0.2) is 0 Å². The first-order valence-corrected chi connectivity index (χ1v) is 9.34. The minimum Gasteiger partial charge on any atom is -0.330 e. The van der Waals surface area contributed by atoms with Crippen molar-refractivity contribution >= 4 is 10.2 Å². The predicted molar refractivity (Wildman–Crippen MR) is 83.6 cm³/mol. The Hall–Kier alpha value is -0.170. The largest absolute Gasteiger partial charge is 0.330 e. The summed E-state index contributed by atoms with van der Waals surface area (Å²) in [5, 5.41) is 0. The lowest BCUT2D eigenvalue weighted by Crippen LogP contribution is -2.51. The van der Waals surface area contributed by atoms with Crippen LogP contribution < -0.4 is 5.73 Å². The molecule has 2 N–H and O–H groups in total. The van der Waals surface area contributed by atoms with Gasteiger partial charge in [0.2, 0.25) is 0 Å². The van der Waals surface area contributed by atoms with Crippen molar-refractivity contribution in [2.24, 2.45) is 11.7 Å². The summed E-state index contributed by atoms with van der Waals surface area (Å²) in [4.78, 5) is 0. The van der Waals surface area contributed by atoms with Gasteiger partial charge in [-0.15, -0.1) is 0 Å². The number of hydrogen-bond acceptors (Lipinski definition) is 3. The second-order valence-corrected chi connectivity index (χ2v) is 7.71. The van der Waals surface area contributed by atoms with Crippen LogP contribution in [0.25, 0.3) is 0 Å². The Labute approximate surface area is 124 Å². The van der Waals surface area contributed by atoms with Crippen LogP contribution in [0.1, 0.15) is 52.9 Å². The SMILES string of the molecule is CCCCN(C(C)CC)S(=O)(=O)N1CCCC(CN)C1. The lowest BCUT2D eigenvalue weighted by molar-refractivity contribution is 0.234. The summed E-state index contributed by atoms with van der Waals surface area (Å²) in [5.41, 5.74) is 5.72. The minimum atomic E-state index is -3.34. The van der Waals surface area contributed by atoms with Crippen LogP contribution in [0.3, 0.4) is 0 Å². The van der Waals surface area contributed by atoms with E-state index in [4.69, 9.17) is 5.73 Å². The summed E-state index contributed by atoms with van der Waals surface area (Å²) < 4.78 is 29.1. The monoisotopic (exact) mass is 305 g/mol. The van der Waals surface area contributed by atoms with Crippen LogP contribution >= 0.6 is 0 Å². The molecule has 0 bridgehead atoms. The summed E-state index contributed by atoms with van der Waals surface area (Å²) in [6.45, 7) is 8.54. The van der Waals surface area contributed by atoms with Crippen molar-refractivity contribution in [1.29, 1.82) is 0 Å². The van der Waals surface area contributed by atoms with Crippen molar-refractivity contribution in [3.63, 3.8) is 0 Å². The van der Waals surface area contributed by atoms with E-state index in [1.54, 1.807) is 8.61 Å². The fourth-order valence-electron chi connectivity index (χ4n) is 2.66. The molecule has 1 heterocycles. The Morgan fingerprint density at radius 1 is 1.40 bits per heavy atom. The number of rotatable bonds is 8. The van der Waals surface area contributed by atoms with Crippen LogP contribution in [0.5, 0.6) is 0 Å². The Bertz CT molecular complexity index is 373. The maximum Gasteiger partial charge on any atom is 0.282 e. The van der Waals surface area contributed by atoms with Crippen LogP contribution in [0.15, 0.2) is 0 Å². The van der Waals surface area contributed by atoms with Crippen LogP contribution in [-0.4, -0.2) is 49.2 Å². The van der Waals surface area contributed by atoms with E-state index in [-0.39, 0.29) is 6.04 Å². The zero-order valence-electron chi connectivity index (χ0n) is 13.2. The van der Waals surface area contributed by atoms with E-state index in [2.05, 4.69) is 6.92 Å². The zero-order chi connectivity index (χ0) is 15.2. The number of nitrogens with two attached hydrogens (primary N) is 1. The molecule has 120 valence electrons. The summed E-state index contributed by atoms with van der Waals surface area (Å²) in [7, 11) is -3.34. The quantitative estimate of drug-likeness (QED) is 0.743. The van der Waals surface area contributed by atoms with Crippen molar-refractivity contribution in [2.45, 2.75) is 58.9 Å². The highest BCUT2D eigenvalue weighted by atomic mass is 32.2. The number of unbranched alkanes of at least 4 members (excludes halogenated alkanes) is 1. The van der Waals surface area contributed by atoms with Crippen LogP contribution in [-0.2, 0) is 10.2 Å². The van der Waals surface area contributed by atoms with E-state index in [0.29, 0.717) is 32.1 Å². The fraction of sp³-hybridized carbons (Fsp3) is 1.00. The molecule has 1 rings (SSSR count). The third kappa shape index (κ3) is 4.41. The highest BCUT2D eigenvalue weighted by molar-refractivity contribution is 7.86. The van der Waals surface area contributed by atoms with Crippen LogP contribution in [0.2, 0.25) is 0 Å². The molecule has 2 atom stereocenters. The van der Waals surface area contributed by atoms with Gasteiger partial charge in [0.05, 0.1) is 0 Å². The van der Waals surface area contributed by atoms with Crippen molar-refractivity contribution < 1.29 is 8.42 Å². The fourth-order valence-corrected chi connectivity index (χ4v) is 4.68. The van der Waals surface area contributed by atoms with E-state index in [1.165, 1.54) is 0 Å². The summed E-state index contributed by atoms with van der Waals surface area (Å²) in [5.74, 6) is 0.309. The topological polar surface area (TPSA) is 66.6 Å². The molecule has 0 aromatic heterocycles. The van der Waals surface area contributed by atoms with Gasteiger partial charge in [-0.25, -0.2) is 0 Å². The van der Waals surface area contributed by atoms with E-state index in [0.717, 1.165) is 32.1 Å². The Morgan fingerprint density at radius 2 is 2.10 bits per heavy atom. The lowest BCUT2D eigenvalue weighted by Gasteiger charge is -2.37. The highest BCUT2D eigenvalue weighted by Crippen LogP contribution is 2.22. The third-order valence-electron chi connectivity index (χ3n) is 4.25. The molecule has 1 aliphatic rings. The van der Waals surface area contributed by atoms with Gasteiger partial charge in [0, 0.05) is 25.7 Å².